The Hall–Kier alpha value is -2.14. The number of para-hydroxylation sites is 1. The summed E-state index contributed by atoms with van der Waals surface area (Å²) in [6.07, 6.45) is 5.14. The summed E-state index contributed by atoms with van der Waals surface area (Å²) in [5, 5.41) is 2.91. The highest BCUT2D eigenvalue weighted by atomic mass is 16.2. The number of nitrogens with zero attached hydrogens (tertiary/aromatic N) is 1. The van der Waals surface area contributed by atoms with E-state index in [-0.39, 0.29) is 23.8 Å². The Balaban J connectivity index is 2.08. The van der Waals surface area contributed by atoms with Gasteiger partial charge in [-0.15, -0.1) is 0 Å². The molecule has 1 aromatic carbocycles. The lowest BCUT2D eigenvalue weighted by Crippen LogP contribution is -2.45. The average Bonchev–Trinajstić information content (AvgIpc) is 3.01. The monoisotopic (exact) mass is 329 g/mol. The lowest BCUT2D eigenvalue weighted by atomic mass is 9.98. The molecule has 130 valence electrons. The minimum Gasteiger partial charge on any atom is -0.348 e. The maximum absolute atomic E-state index is 12.5. The van der Waals surface area contributed by atoms with Crippen LogP contribution < -0.4 is 16.0 Å². The fourth-order valence-electron chi connectivity index (χ4n) is 2.77. The summed E-state index contributed by atoms with van der Waals surface area (Å²) in [4.78, 5) is 26.2. The van der Waals surface area contributed by atoms with Gasteiger partial charge >= 0.3 is 0 Å². The van der Waals surface area contributed by atoms with Crippen molar-refractivity contribution < 1.29 is 9.59 Å². The molecule has 0 saturated heterocycles. The molecule has 24 heavy (non-hydrogen) atoms. The van der Waals surface area contributed by atoms with Gasteiger partial charge in [-0.1, -0.05) is 44.5 Å². The number of anilines is 1. The normalized spacial score (nSPS) is 17.4. The number of benzene rings is 1. The van der Waals surface area contributed by atoms with Gasteiger partial charge < -0.3 is 16.0 Å². The van der Waals surface area contributed by atoms with Crippen LogP contribution in [0.25, 0.3) is 0 Å². The summed E-state index contributed by atoms with van der Waals surface area (Å²) in [6.45, 7) is 6.45. The van der Waals surface area contributed by atoms with Crippen molar-refractivity contribution in [3.8, 4) is 0 Å². The molecule has 1 heterocycles. The van der Waals surface area contributed by atoms with Crippen LogP contribution in [-0.4, -0.2) is 30.4 Å². The van der Waals surface area contributed by atoms with E-state index < -0.39 is 6.04 Å². The van der Waals surface area contributed by atoms with E-state index in [2.05, 4.69) is 18.3 Å². The van der Waals surface area contributed by atoms with E-state index >= 15 is 0 Å². The molecule has 2 amide bonds. The third-order valence-corrected chi connectivity index (χ3v) is 4.58. The van der Waals surface area contributed by atoms with Crippen molar-refractivity contribution in [1.82, 2.24) is 5.32 Å². The first-order chi connectivity index (χ1) is 11.4. The maximum atomic E-state index is 12.5. The van der Waals surface area contributed by atoms with Crippen molar-refractivity contribution in [2.24, 2.45) is 11.7 Å². The molecule has 0 radical (unpaired) electrons. The Labute approximate surface area is 143 Å². The second kappa shape index (κ2) is 8.11. The summed E-state index contributed by atoms with van der Waals surface area (Å²) in [5.74, 6) is -0.0326. The zero-order chi connectivity index (χ0) is 17.7. The second-order valence-electron chi connectivity index (χ2n) is 6.44. The van der Waals surface area contributed by atoms with Crippen LogP contribution in [0, 0.1) is 5.92 Å². The van der Waals surface area contributed by atoms with Crippen molar-refractivity contribution >= 4 is 17.5 Å². The van der Waals surface area contributed by atoms with Gasteiger partial charge in [0.2, 0.25) is 5.91 Å². The van der Waals surface area contributed by atoms with Crippen LogP contribution >= 0.6 is 0 Å². The second-order valence-corrected chi connectivity index (χ2v) is 6.44. The lowest BCUT2D eigenvalue weighted by Gasteiger charge is -2.22. The van der Waals surface area contributed by atoms with Gasteiger partial charge in [0.05, 0.1) is 12.1 Å². The van der Waals surface area contributed by atoms with E-state index in [4.69, 9.17) is 5.73 Å². The van der Waals surface area contributed by atoms with Crippen molar-refractivity contribution in [2.75, 3.05) is 11.4 Å². The van der Waals surface area contributed by atoms with Crippen molar-refractivity contribution in [1.29, 1.82) is 0 Å². The van der Waals surface area contributed by atoms with Crippen LogP contribution in [-0.2, 0) is 16.0 Å². The fourth-order valence-corrected chi connectivity index (χ4v) is 2.77. The summed E-state index contributed by atoms with van der Waals surface area (Å²) >= 11 is 0. The van der Waals surface area contributed by atoms with Crippen molar-refractivity contribution in [2.45, 2.75) is 45.7 Å². The minimum absolute atomic E-state index is 0.0525. The van der Waals surface area contributed by atoms with Crippen LogP contribution in [0.4, 0.5) is 5.69 Å². The smallest absolute Gasteiger partial charge is 0.250 e. The molecule has 0 spiro atoms. The van der Waals surface area contributed by atoms with E-state index in [9.17, 15) is 9.59 Å². The first-order valence-corrected chi connectivity index (χ1v) is 8.57. The fraction of sp³-hybridized carbons (Fsp3) is 0.474. The Morgan fingerprint density at radius 1 is 1.33 bits per heavy atom. The van der Waals surface area contributed by atoms with Gasteiger partial charge in [-0.05, 0) is 30.9 Å². The van der Waals surface area contributed by atoms with E-state index in [1.165, 1.54) is 5.56 Å². The molecule has 0 unspecified atom stereocenters. The van der Waals surface area contributed by atoms with Gasteiger partial charge in [0.1, 0.15) is 0 Å². The van der Waals surface area contributed by atoms with Gasteiger partial charge in [0.25, 0.3) is 5.91 Å². The molecule has 0 bridgehead atoms. The molecule has 2 rings (SSSR count). The number of nitrogens with one attached hydrogen (secondary N) is 1. The van der Waals surface area contributed by atoms with E-state index in [0.717, 1.165) is 18.5 Å². The topological polar surface area (TPSA) is 75.4 Å². The molecular formula is C19H27N3O2. The van der Waals surface area contributed by atoms with E-state index in [1.54, 1.807) is 24.0 Å². The van der Waals surface area contributed by atoms with Crippen molar-refractivity contribution in [3.63, 3.8) is 0 Å². The zero-order valence-electron chi connectivity index (χ0n) is 14.7. The number of carbonyl (C=O) groups is 2. The number of hydrogen-bond donors (Lipinski definition) is 2. The maximum Gasteiger partial charge on any atom is 0.250 e. The molecule has 0 saturated carbocycles. The molecule has 1 aliphatic heterocycles. The first-order valence-electron chi connectivity index (χ1n) is 8.57. The molecule has 0 aromatic heterocycles. The predicted octanol–water partition coefficient (Wildman–Crippen LogP) is 2.01. The van der Waals surface area contributed by atoms with Gasteiger partial charge in [-0.2, -0.15) is 0 Å². The number of amides is 2. The Kier molecular flexibility index (Phi) is 6.15. The Morgan fingerprint density at radius 3 is 2.71 bits per heavy atom. The standard InChI is InChI=1S/C19H27N3O2/c1-4-13(2)16(21-19(24)14(3)20)9-10-18(23)22-12-11-15-7-5-6-8-17(15)22/h5-10,13-14,16H,4,11-12,20H2,1-3H3,(H,21,24)/t13-,14-,16+/m0/s1. The van der Waals surface area contributed by atoms with Crippen molar-refractivity contribution in [3.05, 3.63) is 42.0 Å². The summed E-state index contributed by atoms with van der Waals surface area (Å²) in [5.41, 5.74) is 7.80. The largest absolute Gasteiger partial charge is 0.348 e. The number of rotatable bonds is 6. The predicted molar refractivity (Wildman–Crippen MR) is 96.7 cm³/mol. The third kappa shape index (κ3) is 4.23. The van der Waals surface area contributed by atoms with E-state index in [1.807, 2.05) is 25.1 Å². The average molecular weight is 329 g/mol. The highest BCUT2D eigenvalue weighted by Gasteiger charge is 2.23. The zero-order valence-corrected chi connectivity index (χ0v) is 14.7. The van der Waals surface area contributed by atoms with Crippen LogP contribution in [0.2, 0.25) is 0 Å². The van der Waals surface area contributed by atoms with Crippen LogP contribution in [0.15, 0.2) is 36.4 Å². The molecule has 3 N–H and O–H groups in total. The number of hydrogen-bond acceptors (Lipinski definition) is 3. The van der Waals surface area contributed by atoms with Gasteiger partial charge in [-0.25, -0.2) is 0 Å². The molecule has 5 heteroatoms. The van der Waals surface area contributed by atoms with Crippen LogP contribution in [0.5, 0.6) is 0 Å². The van der Waals surface area contributed by atoms with Crippen LogP contribution in [0.3, 0.4) is 0 Å². The molecule has 0 aliphatic carbocycles. The van der Waals surface area contributed by atoms with Crippen LogP contribution in [0.1, 0.15) is 32.8 Å². The quantitative estimate of drug-likeness (QED) is 0.784. The number of carbonyl (C=O) groups excluding carboxylic acids is 2. The third-order valence-electron chi connectivity index (χ3n) is 4.58. The lowest BCUT2D eigenvalue weighted by molar-refractivity contribution is -0.122. The molecule has 1 aliphatic rings. The Morgan fingerprint density at radius 2 is 2.04 bits per heavy atom. The highest BCUT2D eigenvalue weighted by molar-refractivity contribution is 6.03. The molecule has 1 aromatic rings. The SMILES string of the molecule is CC[C@H](C)[C@@H](C=CC(=O)N1CCc2ccccc21)NC(=O)[C@H](C)N. The number of fused-ring (bicyclic) bond motifs is 1. The summed E-state index contributed by atoms with van der Waals surface area (Å²) in [6, 6.07) is 7.20. The summed E-state index contributed by atoms with van der Waals surface area (Å²) in [7, 11) is 0. The number of nitrogens with two attached hydrogens (primary N) is 1. The summed E-state index contributed by atoms with van der Waals surface area (Å²) < 4.78 is 0. The van der Waals surface area contributed by atoms with Gasteiger partial charge in [0.15, 0.2) is 0 Å². The van der Waals surface area contributed by atoms with Gasteiger partial charge in [-0.3, -0.25) is 9.59 Å². The first kappa shape index (κ1) is 18.2. The Bertz CT molecular complexity index is 625. The highest BCUT2D eigenvalue weighted by Crippen LogP contribution is 2.27. The molecular weight excluding hydrogens is 302 g/mol. The van der Waals surface area contributed by atoms with Gasteiger partial charge in [0, 0.05) is 18.3 Å². The van der Waals surface area contributed by atoms with E-state index in [0.29, 0.717) is 6.54 Å². The minimum atomic E-state index is -0.564. The molecule has 5 nitrogen and oxygen atoms in total. The molecule has 0 fully saturated rings. The molecule has 3 atom stereocenters.